The van der Waals surface area contributed by atoms with Crippen LogP contribution >= 0.6 is 11.8 Å². The molecule has 2 N–H and O–H groups in total. The predicted molar refractivity (Wildman–Crippen MR) is 63.7 cm³/mol. The Hall–Kier alpha value is -1.68. The standard InChI is InChI=1S/C10H12N4O2S/c1-2-5-11-8(15)6-17-10-13-12-9(16)14(10)7-3-4-7/h1,7H,3-6H2,(H,11,15)(H,12,16). The highest BCUT2D eigenvalue weighted by atomic mass is 32.2. The number of aromatic amines is 1. The van der Waals surface area contributed by atoms with Gasteiger partial charge in [0.15, 0.2) is 5.16 Å². The van der Waals surface area contributed by atoms with Crippen LogP contribution in [0.4, 0.5) is 0 Å². The maximum Gasteiger partial charge on any atom is 0.344 e. The van der Waals surface area contributed by atoms with Crippen molar-refractivity contribution in [1.82, 2.24) is 20.1 Å². The van der Waals surface area contributed by atoms with Crippen molar-refractivity contribution in [2.45, 2.75) is 24.0 Å². The van der Waals surface area contributed by atoms with Crippen molar-refractivity contribution in [3.8, 4) is 12.3 Å². The molecule has 90 valence electrons. The Morgan fingerprint density at radius 1 is 1.71 bits per heavy atom. The fourth-order valence-electron chi connectivity index (χ4n) is 1.38. The SMILES string of the molecule is C#CCNC(=O)CSc1n[nH]c(=O)n1C1CC1. The Bertz CT molecular complexity index is 509. The Morgan fingerprint density at radius 2 is 2.47 bits per heavy atom. The van der Waals surface area contributed by atoms with E-state index in [1.807, 2.05) is 0 Å². The van der Waals surface area contributed by atoms with Gasteiger partial charge in [-0.25, -0.2) is 9.89 Å². The number of carbonyl (C=O) groups excluding carboxylic acids is 1. The van der Waals surface area contributed by atoms with Crippen molar-refractivity contribution in [3.05, 3.63) is 10.5 Å². The molecular formula is C10H12N4O2S. The van der Waals surface area contributed by atoms with Crippen LogP contribution in [0, 0.1) is 12.3 Å². The van der Waals surface area contributed by atoms with E-state index in [0.717, 1.165) is 12.8 Å². The third kappa shape index (κ3) is 2.91. The number of H-pyrrole nitrogens is 1. The van der Waals surface area contributed by atoms with Gasteiger partial charge in [0.2, 0.25) is 5.91 Å². The lowest BCUT2D eigenvalue weighted by atomic mass is 10.6. The summed E-state index contributed by atoms with van der Waals surface area (Å²) in [4.78, 5) is 22.8. The van der Waals surface area contributed by atoms with Gasteiger partial charge in [-0.3, -0.25) is 9.36 Å². The summed E-state index contributed by atoms with van der Waals surface area (Å²) in [5.41, 5.74) is -0.209. The van der Waals surface area contributed by atoms with Crippen LogP contribution in [-0.2, 0) is 4.79 Å². The number of amides is 1. The molecule has 1 aliphatic carbocycles. The van der Waals surface area contributed by atoms with Crippen molar-refractivity contribution in [1.29, 1.82) is 0 Å². The molecule has 0 unspecified atom stereocenters. The predicted octanol–water partition coefficient (Wildman–Crippen LogP) is -0.252. The molecule has 17 heavy (non-hydrogen) atoms. The fraction of sp³-hybridized carbons (Fsp3) is 0.500. The zero-order valence-corrected chi connectivity index (χ0v) is 9.92. The summed E-state index contributed by atoms with van der Waals surface area (Å²) >= 11 is 1.23. The van der Waals surface area contributed by atoms with Crippen molar-refractivity contribution in [3.63, 3.8) is 0 Å². The van der Waals surface area contributed by atoms with E-state index in [1.54, 1.807) is 4.57 Å². The minimum Gasteiger partial charge on any atom is -0.344 e. The molecule has 1 aromatic rings. The number of hydrogen-bond donors (Lipinski definition) is 2. The molecule has 0 aliphatic heterocycles. The lowest BCUT2D eigenvalue weighted by Crippen LogP contribution is -2.25. The topological polar surface area (TPSA) is 79.8 Å². The first kappa shape index (κ1) is 11.8. The Labute approximate surface area is 102 Å². The lowest BCUT2D eigenvalue weighted by Gasteiger charge is -2.03. The van der Waals surface area contributed by atoms with Gasteiger partial charge in [0.1, 0.15) is 0 Å². The molecule has 0 radical (unpaired) electrons. The smallest absolute Gasteiger partial charge is 0.344 e. The van der Waals surface area contributed by atoms with Crippen molar-refractivity contribution in [2.24, 2.45) is 0 Å². The summed E-state index contributed by atoms with van der Waals surface area (Å²) in [7, 11) is 0. The van der Waals surface area contributed by atoms with Gasteiger partial charge in [-0.15, -0.1) is 11.5 Å². The van der Waals surface area contributed by atoms with Crippen LogP contribution in [0.25, 0.3) is 0 Å². The third-order valence-corrected chi connectivity index (χ3v) is 3.26. The molecule has 0 aromatic carbocycles. The third-order valence-electron chi connectivity index (χ3n) is 2.30. The summed E-state index contributed by atoms with van der Waals surface area (Å²) in [5.74, 6) is 2.37. The van der Waals surface area contributed by atoms with E-state index in [2.05, 4.69) is 21.4 Å². The first-order chi connectivity index (χ1) is 8.22. The van der Waals surface area contributed by atoms with E-state index in [9.17, 15) is 9.59 Å². The number of nitrogens with zero attached hydrogens (tertiary/aromatic N) is 2. The number of carbonyl (C=O) groups is 1. The van der Waals surface area contributed by atoms with Crippen molar-refractivity contribution in [2.75, 3.05) is 12.3 Å². The van der Waals surface area contributed by atoms with E-state index in [0.29, 0.717) is 5.16 Å². The highest BCUT2D eigenvalue weighted by Crippen LogP contribution is 2.35. The maximum atomic E-state index is 11.4. The van der Waals surface area contributed by atoms with Crippen LogP contribution in [0.3, 0.4) is 0 Å². The minimum absolute atomic E-state index is 0.161. The minimum atomic E-state index is -0.209. The number of hydrogen-bond acceptors (Lipinski definition) is 4. The van der Waals surface area contributed by atoms with Gasteiger partial charge in [0.25, 0.3) is 0 Å². The average Bonchev–Trinajstić information content (AvgIpc) is 3.08. The van der Waals surface area contributed by atoms with Gasteiger partial charge in [-0.2, -0.15) is 0 Å². The van der Waals surface area contributed by atoms with Crippen LogP contribution in [0.2, 0.25) is 0 Å². The Morgan fingerprint density at radius 3 is 3.12 bits per heavy atom. The fourth-order valence-corrected chi connectivity index (χ4v) is 2.22. The first-order valence-electron chi connectivity index (χ1n) is 5.22. The first-order valence-corrected chi connectivity index (χ1v) is 6.21. The molecule has 1 saturated carbocycles. The Balaban J connectivity index is 1.93. The molecule has 7 heteroatoms. The van der Waals surface area contributed by atoms with Crippen LogP contribution in [-0.4, -0.2) is 33.0 Å². The molecule has 2 rings (SSSR count). The number of rotatable bonds is 5. The van der Waals surface area contributed by atoms with Crippen LogP contribution in [0.15, 0.2) is 9.95 Å². The second-order valence-corrected chi connectivity index (χ2v) is 4.62. The highest BCUT2D eigenvalue weighted by molar-refractivity contribution is 7.99. The van der Waals surface area contributed by atoms with E-state index < -0.39 is 0 Å². The molecule has 1 heterocycles. The zero-order valence-electron chi connectivity index (χ0n) is 9.10. The molecule has 1 aliphatic rings. The van der Waals surface area contributed by atoms with Gasteiger partial charge >= 0.3 is 5.69 Å². The molecular weight excluding hydrogens is 240 g/mol. The van der Waals surface area contributed by atoms with Gasteiger partial charge in [0, 0.05) is 6.04 Å². The van der Waals surface area contributed by atoms with E-state index in [1.165, 1.54) is 11.8 Å². The number of nitrogens with one attached hydrogen (secondary N) is 2. The summed E-state index contributed by atoms with van der Waals surface area (Å²) in [6.45, 7) is 0.218. The van der Waals surface area contributed by atoms with Crippen LogP contribution in [0.1, 0.15) is 18.9 Å². The Kier molecular flexibility index (Phi) is 3.54. The van der Waals surface area contributed by atoms with E-state index >= 15 is 0 Å². The molecule has 0 atom stereocenters. The van der Waals surface area contributed by atoms with Crippen molar-refractivity contribution >= 4 is 17.7 Å². The lowest BCUT2D eigenvalue weighted by molar-refractivity contribution is -0.118. The quantitative estimate of drug-likeness (QED) is 0.559. The van der Waals surface area contributed by atoms with Gasteiger partial charge < -0.3 is 5.32 Å². The summed E-state index contributed by atoms with van der Waals surface area (Å²) in [6, 6.07) is 0.248. The molecule has 6 nitrogen and oxygen atoms in total. The van der Waals surface area contributed by atoms with Gasteiger partial charge in [-0.05, 0) is 12.8 Å². The molecule has 0 saturated heterocycles. The van der Waals surface area contributed by atoms with Crippen LogP contribution < -0.4 is 11.0 Å². The zero-order chi connectivity index (χ0) is 12.3. The van der Waals surface area contributed by atoms with Gasteiger partial charge in [0.05, 0.1) is 12.3 Å². The largest absolute Gasteiger partial charge is 0.344 e. The molecule has 1 aromatic heterocycles. The molecule has 0 spiro atoms. The summed E-state index contributed by atoms with van der Waals surface area (Å²) < 4.78 is 1.61. The summed E-state index contributed by atoms with van der Waals surface area (Å²) in [6.07, 6.45) is 7.02. The second kappa shape index (κ2) is 5.10. The van der Waals surface area contributed by atoms with Crippen molar-refractivity contribution < 1.29 is 4.79 Å². The normalized spacial score (nSPS) is 14.3. The van der Waals surface area contributed by atoms with E-state index in [4.69, 9.17) is 6.42 Å². The molecule has 0 bridgehead atoms. The number of terminal acetylenes is 1. The second-order valence-electron chi connectivity index (χ2n) is 3.68. The van der Waals surface area contributed by atoms with Crippen LogP contribution in [0.5, 0.6) is 0 Å². The summed E-state index contributed by atoms with van der Waals surface area (Å²) in [5, 5.41) is 9.41. The highest BCUT2D eigenvalue weighted by Gasteiger charge is 2.28. The monoisotopic (exact) mass is 252 g/mol. The molecule has 1 fully saturated rings. The van der Waals surface area contributed by atoms with Gasteiger partial charge in [-0.1, -0.05) is 17.7 Å². The van der Waals surface area contributed by atoms with E-state index in [-0.39, 0.29) is 29.9 Å². The number of aromatic nitrogens is 3. The average molecular weight is 252 g/mol. The molecule has 1 amide bonds. The number of thioether (sulfide) groups is 1. The maximum absolute atomic E-state index is 11.4.